The number of carbonyl (C=O) groups excluding carboxylic acids is 1. The average Bonchev–Trinajstić information content (AvgIpc) is 2.31. The van der Waals surface area contributed by atoms with Gasteiger partial charge in [-0.3, -0.25) is 4.79 Å². The van der Waals surface area contributed by atoms with Crippen LogP contribution in [0.5, 0.6) is 0 Å². The molecule has 0 heterocycles. The van der Waals surface area contributed by atoms with Crippen LogP contribution in [-0.2, 0) is 9.53 Å². The maximum atomic E-state index is 11.3. The van der Waals surface area contributed by atoms with Crippen molar-refractivity contribution in [2.24, 2.45) is 5.11 Å². The fraction of sp³-hybridized carbons (Fsp3) is 0.250. The molecule has 0 unspecified atom stereocenters. The number of carbonyl (C=O) groups is 1. The molecule has 1 aromatic rings. The standard InChI is InChI=1S/C12H13N3O2/c1-2-17-12(16)9-11(14-15-13)8-10-6-4-3-5-7-10/h3-8H,2,9H2,1H3/b11-8+. The Labute approximate surface area is 99.3 Å². The van der Waals surface area contributed by atoms with E-state index in [0.29, 0.717) is 12.3 Å². The number of ether oxygens (including phenoxy) is 1. The predicted octanol–water partition coefficient (Wildman–Crippen LogP) is 3.29. The van der Waals surface area contributed by atoms with E-state index in [-0.39, 0.29) is 6.42 Å². The molecule has 0 aromatic heterocycles. The van der Waals surface area contributed by atoms with Crippen LogP contribution in [0.3, 0.4) is 0 Å². The number of nitrogens with zero attached hydrogens (tertiary/aromatic N) is 3. The number of azide groups is 1. The van der Waals surface area contributed by atoms with E-state index in [2.05, 4.69) is 10.0 Å². The molecule has 1 rings (SSSR count). The quantitative estimate of drug-likeness (QED) is 0.337. The zero-order valence-corrected chi connectivity index (χ0v) is 9.54. The number of hydrogen-bond acceptors (Lipinski definition) is 3. The fourth-order valence-electron chi connectivity index (χ4n) is 1.27. The lowest BCUT2D eigenvalue weighted by Gasteiger charge is -2.01. The Balaban J connectivity index is 2.82. The molecule has 1 aromatic carbocycles. The number of rotatable bonds is 5. The second kappa shape index (κ2) is 7.09. The smallest absolute Gasteiger partial charge is 0.310 e. The maximum Gasteiger partial charge on any atom is 0.310 e. The van der Waals surface area contributed by atoms with Gasteiger partial charge < -0.3 is 4.74 Å². The van der Waals surface area contributed by atoms with Crippen LogP contribution in [0.1, 0.15) is 18.9 Å². The molecule has 5 heteroatoms. The fourth-order valence-corrected chi connectivity index (χ4v) is 1.27. The van der Waals surface area contributed by atoms with E-state index >= 15 is 0 Å². The van der Waals surface area contributed by atoms with Crippen molar-refractivity contribution in [1.29, 1.82) is 0 Å². The zero-order chi connectivity index (χ0) is 12.5. The highest BCUT2D eigenvalue weighted by Gasteiger charge is 2.05. The Hall–Kier alpha value is -2.26. The first-order valence-corrected chi connectivity index (χ1v) is 5.22. The van der Waals surface area contributed by atoms with Crippen LogP contribution >= 0.6 is 0 Å². The summed E-state index contributed by atoms with van der Waals surface area (Å²) in [6.07, 6.45) is 1.64. The third kappa shape index (κ3) is 4.86. The van der Waals surface area contributed by atoms with E-state index in [9.17, 15) is 4.79 Å². The lowest BCUT2D eigenvalue weighted by atomic mass is 10.2. The van der Waals surface area contributed by atoms with Gasteiger partial charge in [-0.1, -0.05) is 35.4 Å². The summed E-state index contributed by atoms with van der Waals surface area (Å²) >= 11 is 0. The summed E-state index contributed by atoms with van der Waals surface area (Å²) in [4.78, 5) is 14.0. The first-order chi connectivity index (χ1) is 8.26. The molecule has 0 aliphatic carbocycles. The van der Waals surface area contributed by atoms with E-state index < -0.39 is 5.97 Å². The monoisotopic (exact) mass is 231 g/mol. The lowest BCUT2D eigenvalue weighted by molar-refractivity contribution is -0.142. The van der Waals surface area contributed by atoms with Gasteiger partial charge in [-0.15, -0.1) is 0 Å². The Kier molecular flexibility index (Phi) is 5.34. The molecule has 0 amide bonds. The van der Waals surface area contributed by atoms with Gasteiger partial charge in [0.2, 0.25) is 0 Å². The summed E-state index contributed by atoms with van der Waals surface area (Å²) in [6, 6.07) is 9.33. The number of benzene rings is 1. The second-order valence-electron chi connectivity index (χ2n) is 3.22. The minimum absolute atomic E-state index is 0.0210. The van der Waals surface area contributed by atoms with Gasteiger partial charge >= 0.3 is 5.97 Å². The normalized spacial score (nSPS) is 10.5. The van der Waals surface area contributed by atoms with Crippen LogP contribution in [0.25, 0.3) is 16.5 Å². The summed E-state index contributed by atoms with van der Waals surface area (Å²) in [5.41, 5.74) is 9.64. The zero-order valence-electron chi connectivity index (χ0n) is 9.54. The van der Waals surface area contributed by atoms with Gasteiger partial charge in [-0.05, 0) is 24.1 Å². The van der Waals surface area contributed by atoms with Gasteiger partial charge in [0.05, 0.1) is 13.0 Å². The first kappa shape index (κ1) is 12.8. The van der Waals surface area contributed by atoms with Crippen LogP contribution in [0, 0.1) is 0 Å². The molecule has 0 saturated heterocycles. The number of hydrogen-bond donors (Lipinski definition) is 0. The van der Waals surface area contributed by atoms with Gasteiger partial charge in [-0.25, -0.2) is 0 Å². The van der Waals surface area contributed by atoms with Crippen molar-refractivity contribution in [2.75, 3.05) is 6.61 Å². The third-order valence-electron chi connectivity index (χ3n) is 1.94. The van der Waals surface area contributed by atoms with Crippen molar-refractivity contribution >= 4 is 12.0 Å². The SMILES string of the molecule is CCOC(=O)C/C(=C\c1ccccc1)N=[N+]=[N-]. The Morgan fingerprint density at radius 3 is 2.76 bits per heavy atom. The lowest BCUT2D eigenvalue weighted by Crippen LogP contribution is -2.04. The van der Waals surface area contributed by atoms with Crippen molar-refractivity contribution in [3.63, 3.8) is 0 Å². The molecule has 17 heavy (non-hydrogen) atoms. The summed E-state index contributed by atoms with van der Waals surface area (Å²) in [7, 11) is 0. The van der Waals surface area contributed by atoms with Crippen LogP contribution in [0.2, 0.25) is 0 Å². The van der Waals surface area contributed by atoms with Crippen LogP contribution < -0.4 is 0 Å². The van der Waals surface area contributed by atoms with Crippen molar-refractivity contribution in [3.05, 3.63) is 52.0 Å². The second-order valence-corrected chi connectivity index (χ2v) is 3.22. The summed E-state index contributed by atoms with van der Waals surface area (Å²) in [6.45, 7) is 2.04. The summed E-state index contributed by atoms with van der Waals surface area (Å²) in [5.74, 6) is -0.401. The summed E-state index contributed by atoms with van der Waals surface area (Å²) in [5, 5.41) is 3.48. The maximum absolute atomic E-state index is 11.3. The molecular formula is C12H13N3O2. The topological polar surface area (TPSA) is 75.1 Å². The summed E-state index contributed by atoms with van der Waals surface area (Å²) < 4.78 is 4.79. The van der Waals surface area contributed by atoms with Gasteiger partial charge in [0.1, 0.15) is 0 Å². The van der Waals surface area contributed by atoms with Gasteiger partial charge in [-0.2, -0.15) is 0 Å². The molecular weight excluding hydrogens is 218 g/mol. The highest BCUT2D eigenvalue weighted by atomic mass is 16.5. The van der Waals surface area contributed by atoms with Crippen LogP contribution in [-0.4, -0.2) is 12.6 Å². The van der Waals surface area contributed by atoms with Crippen molar-refractivity contribution in [2.45, 2.75) is 13.3 Å². The Morgan fingerprint density at radius 2 is 2.18 bits per heavy atom. The molecule has 0 fully saturated rings. The van der Waals surface area contributed by atoms with E-state index in [0.717, 1.165) is 5.56 Å². The highest BCUT2D eigenvalue weighted by Crippen LogP contribution is 2.12. The molecule has 88 valence electrons. The average molecular weight is 231 g/mol. The van der Waals surface area contributed by atoms with Gasteiger partial charge in [0, 0.05) is 10.6 Å². The number of esters is 1. The van der Waals surface area contributed by atoms with E-state index in [1.54, 1.807) is 13.0 Å². The molecule has 0 N–H and O–H groups in total. The van der Waals surface area contributed by atoms with Crippen LogP contribution in [0.4, 0.5) is 0 Å². The van der Waals surface area contributed by atoms with Crippen LogP contribution in [0.15, 0.2) is 41.1 Å². The first-order valence-electron chi connectivity index (χ1n) is 5.22. The predicted molar refractivity (Wildman–Crippen MR) is 64.8 cm³/mol. The molecule has 0 aliphatic heterocycles. The largest absolute Gasteiger partial charge is 0.466 e. The van der Waals surface area contributed by atoms with Crippen molar-refractivity contribution in [1.82, 2.24) is 0 Å². The van der Waals surface area contributed by atoms with Crippen molar-refractivity contribution < 1.29 is 9.53 Å². The molecule has 0 atom stereocenters. The Morgan fingerprint density at radius 1 is 1.47 bits per heavy atom. The molecule has 5 nitrogen and oxygen atoms in total. The molecule has 0 saturated carbocycles. The molecule has 0 aliphatic rings. The van der Waals surface area contributed by atoms with Gasteiger partial charge in [0.15, 0.2) is 0 Å². The third-order valence-corrected chi connectivity index (χ3v) is 1.94. The van der Waals surface area contributed by atoms with E-state index in [4.69, 9.17) is 10.3 Å². The molecule has 0 bridgehead atoms. The van der Waals surface area contributed by atoms with E-state index in [1.165, 1.54) is 0 Å². The highest BCUT2D eigenvalue weighted by molar-refractivity contribution is 5.74. The van der Waals surface area contributed by atoms with Gasteiger partial charge in [0.25, 0.3) is 0 Å². The minimum atomic E-state index is -0.401. The van der Waals surface area contributed by atoms with E-state index in [1.807, 2.05) is 30.3 Å². The minimum Gasteiger partial charge on any atom is -0.466 e. The van der Waals surface area contributed by atoms with Crippen molar-refractivity contribution in [3.8, 4) is 0 Å². The molecule has 0 spiro atoms. The molecule has 0 radical (unpaired) electrons. The Bertz CT molecular complexity index is 448.